The van der Waals surface area contributed by atoms with E-state index in [1.165, 1.54) is 12.3 Å². The minimum atomic E-state index is -0.666. The predicted molar refractivity (Wildman–Crippen MR) is 213 cm³/mol. The molecule has 0 fully saturated rings. The average molecular weight is 779 g/mol. The number of hydrogen-bond donors (Lipinski definition) is 4. The fraction of sp³-hybridized carbons (Fsp3) is 0.342. The summed E-state index contributed by atoms with van der Waals surface area (Å²) >= 11 is 0. The molecule has 0 aliphatic heterocycles. The first kappa shape index (κ1) is 39.8. The summed E-state index contributed by atoms with van der Waals surface area (Å²) in [5.74, 6) is -1.41. The van der Waals surface area contributed by atoms with E-state index in [1.807, 2.05) is 51.9 Å². The number of nitrogens with two attached hydrogens (primary N) is 2. The molecule has 19 nitrogen and oxygen atoms in total. The topological polar surface area (TPSA) is 241 Å². The van der Waals surface area contributed by atoms with Crippen molar-refractivity contribution in [2.45, 2.75) is 60.3 Å². The van der Waals surface area contributed by atoms with Crippen LogP contribution in [0.1, 0.15) is 73.3 Å². The molecule has 0 aliphatic carbocycles. The number of fused-ring (bicyclic) bond motifs is 2. The van der Waals surface area contributed by atoms with Crippen LogP contribution in [-0.4, -0.2) is 99.4 Å². The number of pyridine rings is 1. The van der Waals surface area contributed by atoms with Crippen molar-refractivity contribution in [3.63, 3.8) is 0 Å². The Bertz CT molecular complexity index is 2520. The second-order valence-corrected chi connectivity index (χ2v) is 13.6. The van der Waals surface area contributed by atoms with E-state index in [4.69, 9.17) is 21.2 Å². The number of benzene rings is 1. The van der Waals surface area contributed by atoms with Gasteiger partial charge in [0.1, 0.15) is 28.2 Å². The lowest BCUT2D eigenvalue weighted by Gasteiger charge is -2.14. The molecule has 0 aliphatic rings. The number of hydrogen-bond acceptors (Lipinski definition) is 11. The molecule has 0 unspecified atom stereocenters. The molecule has 0 spiro atoms. The summed E-state index contributed by atoms with van der Waals surface area (Å²) in [4.78, 5) is 67.3. The van der Waals surface area contributed by atoms with Crippen molar-refractivity contribution in [2.24, 2.45) is 11.5 Å². The van der Waals surface area contributed by atoms with E-state index >= 15 is 0 Å². The Labute approximate surface area is 327 Å². The highest BCUT2D eigenvalue weighted by molar-refractivity contribution is 6.05. The molecule has 0 saturated heterocycles. The molecule has 5 heterocycles. The van der Waals surface area contributed by atoms with Gasteiger partial charge in [0, 0.05) is 44.5 Å². The number of carbonyl (C=O) groups is 4. The molecule has 5 aromatic heterocycles. The van der Waals surface area contributed by atoms with Crippen molar-refractivity contribution in [3.05, 3.63) is 82.6 Å². The summed E-state index contributed by atoms with van der Waals surface area (Å²) in [5.41, 5.74) is 15.4. The van der Waals surface area contributed by atoms with Crippen LogP contribution in [0, 0.1) is 13.8 Å². The van der Waals surface area contributed by atoms with Crippen molar-refractivity contribution in [2.75, 3.05) is 37.9 Å². The summed E-state index contributed by atoms with van der Waals surface area (Å²) < 4.78 is 12.9. The van der Waals surface area contributed by atoms with Gasteiger partial charge in [0.15, 0.2) is 5.65 Å². The molecule has 0 bridgehead atoms. The van der Waals surface area contributed by atoms with Crippen molar-refractivity contribution in [1.82, 2.24) is 48.5 Å². The van der Waals surface area contributed by atoms with E-state index < -0.39 is 23.6 Å². The summed E-state index contributed by atoms with van der Waals surface area (Å²) in [6.45, 7) is 9.84. The van der Waals surface area contributed by atoms with E-state index in [0.717, 1.165) is 6.54 Å². The maximum absolute atomic E-state index is 13.7. The van der Waals surface area contributed by atoms with Gasteiger partial charge in [0.25, 0.3) is 11.8 Å². The molecular weight excluding hydrogens is 733 g/mol. The number of primary amides is 2. The monoisotopic (exact) mass is 778 g/mol. The van der Waals surface area contributed by atoms with Crippen LogP contribution < -0.4 is 26.8 Å². The fourth-order valence-electron chi connectivity index (χ4n) is 6.36. The lowest BCUT2D eigenvalue weighted by Crippen LogP contribution is -2.20. The molecule has 0 saturated carbocycles. The van der Waals surface area contributed by atoms with Crippen molar-refractivity contribution in [1.29, 1.82) is 0 Å². The third-order valence-electron chi connectivity index (χ3n) is 9.03. The van der Waals surface area contributed by atoms with E-state index in [2.05, 4.69) is 30.8 Å². The summed E-state index contributed by atoms with van der Waals surface area (Å²) in [6.07, 6.45) is 5.75. The predicted octanol–water partition coefficient (Wildman–Crippen LogP) is 3.12. The van der Waals surface area contributed by atoms with Gasteiger partial charge >= 0.3 is 0 Å². The van der Waals surface area contributed by atoms with E-state index in [-0.39, 0.29) is 36.1 Å². The van der Waals surface area contributed by atoms with Crippen LogP contribution in [0.25, 0.3) is 22.2 Å². The normalized spacial score (nSPS) is 11.6. The minimum Gasteiger partial charge on any atom is -0.491 e. The molecule has 6 aromatic rings. The van der Waals surface area contributed by atoms with Gasteiger partial charge in [-0.15, -0.1) is 0 Å². The largest absolute Gasteiger partial charge is 0.491 e. The molecule has 298 valence electrons. The number of allylic oxidation sites excluding steroid dienone is 2. The van der Waals surface area contributed by atoms with Gasteiger partial charge in [-0.05, 0) is 78.5 Å². The van der Waals surface area contributed by atoms with Gasteiger partial charge in [0.05, 0.1) is 29.1 Å². The number of amides is 4. The number of nitrogens with zero attached hydrogens (tertiary/aromatic N) is 10. The van der Waals surface area contributed by atoms with Gasteiger partial charge in [-0.1, -0.05) is 12.2 Å². The Balaban J connectivity index is 1.37. The standard InChI is InChI=1S/C38H46N14O5/c1-7-51-28(16-22(3)46-51)35(55)44-37-42-26-18-24(32(39)53)20-30(57-15-11-12-48(5)6)31(26)49(37)13-9-10-14-50-34-27(19-25(21-41-34)33(40)54)43-38(50)45-36(56)29-17-23(4)47-52(29)8-2/h9-10,16-21H,7-8,11-15H2,1-6H3,(H2,39,53)(H2,40,54)(H,42,44,55)(H,43,45,56)/b10-9+. The summed E-state index contributed by atoms with van der Waals surface area (Å²) in [6, 6.07) is 8.03. The third-order valence-corrected chi connectivity index (χ3v) is 9.03. The number of rotatable bonds is 17. The number of aryl methyl sites for hydroxylation is 4. The van der Waals surface area contributed by atoms with Crippen LogP contribution in [0.5, 0.6) is 5.75 Å². The molecular formula is C38H46N14O5. The third kappa shape index (κ3) is 8.67. The van der Waals surface area contributed by atoms with Gasteiger partial charge in [-0.25, -0.2) is 15.0 Å². The van der Waals surface area contributed by atoms with Gasteiger partial charge < -0.3 is 25.7 Å². The Kier molecular flexibility index (Phi) is 11.8. The zero-order valence-corrected chi connectivity index (χ0v) is 32.7. The fourth-order valence-corrected chi connectivity index (χ4v) is 6.36. The maximum Gasteiger partial charge on any atom is 0.276 e. The van der Waals surface area contributed by atoms with Crippen molar-refractivity contribution < 1.29 is 23.9 Å². The molecule has 6 N–H and O–H groups in total. The first-order valence-electron chi connectivity index (χ1n) is 18.4. The second kappa shape index (κ2) is 16.9. The van der Waals surface area contributed by atoms with Gasteiger partial charge in [0.2, 0.25) is 23.7 Å². The van der Waals surface area contributed by atoms with Crippen LogP contribution >= 0.6 is 0 Å². The van der Waals surface area contributed by atoms with Crippen molar-refractivity contribution >= 4 is 57.7 Å². The SMILES string of the molecule is CCn1nc(C)cc1C(=O)Nc1nc2cc(C(N)=O)cnc2n1C/C=C/Cn1c(NC(=O)c2cc(C)nn2CC)nc2cc(C(N)=O)cc(OCCCN(C)C)c21. The first-order valence-corrected chi connectivity index (χ1v) is 18.4. The van der Waals surface area contributed by atoms with E-state index in [0.29, 0.717) is 76.8 Å². The maximum atomic E-state index is 13.7. The number of imidazole rings is 2. The molecule has 1 aromatic carbocycles. The molecule has 0 radical (unpaired) electrons. The second-order valence-electron chi connectivity index (χ2n) is 13.6. The molecule has 57 heavy (non-hydrogen) atoms. The van der Waals surface area contributed by atoms with Crippen LogP contribution in [0.4, 0.5) is 11.9 Å². The molecule has 6 rings (SSSR count). The Morgan fingerprint density at radius 2 is 1.32 bits per heavy atom. The lowest BCUT2D eigenvalue weighted by molar-refractivity contribution is 0.0991. The molecule has 0 atom stereocenters. The van der Waals surface area contributed by atoms with E-state index in [1.54, 1.807) is 49.7 Å². The number of ether oxygens (including phenoxy) is 1. The van der Waals surface area contributed by atoms with Crippen molar-refractivity contribution in [3.8, 4) is 5.75 Å². The van der Waals surface area contributed by atoms with Crippen LogP contribution in [0.15, 0.2) is 48.7 Å². The Morgan fingerprint density at radius 1 is 0.772 bits per heavy atom. The highest BCUT2D eigenvalue weighted by Gasteiger charge is 2.23. The highest BCUT2D eigenvalue weighted by atomic mass is 16.5. The number of nitrogens with one attached hydrogen (secondary N) is 2. The molecule has 4 amide bonds. The van der Waals surface area contributed by atoms with Crippen LogP contribution in [-0.2, 0) is 26.2 Å². The summed E-state index contributed by atoms with van der Waals surface area (Å²) in [7, 11) is 3.93. The summed E-state index contributed by atoms with van der Waals surface area (Å²) in [5, 5.41) is 14.6. The Hall–Kier alpha value is -6.89. The quantitative estimate of drug-likeness (QED) is 0.0775. The highest BCUT2D eigenvalue weighted by Crippen LogP contribution is 2.32. The number of anilines is 2. The number of carbonyl (C=O) groups excluding carboxylic acids is 4. The zero-order chi connectivity index (χ0) is 41.0. The van der Waals surface area contributed by atoms with E-state index in [9.17, 15) is 19.2 Å². The lowest BCUT2D eigenvalue weighted by atomic mass is 10.1. The zero-order valence-electron chi connectivity index (χ0n) is 32.7. The number of aromatic nitrogens is 9. The van der Waals surface area contributed by atoms with Gasteiger partial charge in [-0.2, -0.15) is 10.2 Å². The van der Waals surface area contributed by atoms with Gasteiger partial charge in [-0.3, -0.25) is 43.7 Å². The van der Waals surface area contributed by atoms with Crippen LogP contribution in [0.2, 0.25) is 0 Å². The smallest absolute Gasteiger partial charge is 0.276 e. The first-order chi connectivity index (χ1) is 27.3. The van der Waals surface area contributed by atoms with Crippen LogP contribution in [0.3, 0.4) is 0 Å². The minimum absolute atomic E-state index is 0.165. The average Bonchev–Trinajstić information content (AvgIpc) is 3.93. The Morgan fingerprint density at radius 3 is 1.88 bits per heavy atom. The molecule has 19 heteroatoms.